The van der Waals surface area contributed by atoms with Crippen LogP contribution in [0.4, 0.5) is 5.69 Å². The molecule has 3 saturated heterocycles. The molecular formula is C36H44ClN3O5. The first-order chi connectivity index (χ1) is 21.6. The molecule has 8 nitrogen and oxygen atoms in total. The predicted octanol–water partition coefficient (Wildman–Crippen LogP) is 5.16. The van der Waals surface area contributed by atoms with Gasteiger partial charge in [-0.2, -0.15) is 0 Å². The van der Waals surface area contributed by atoms with Gasteiger partial charge in [-0.25, -0.2) is 0 Å². The van der Waals surface area contributed by atoms with Crippen molar-refractivity contribution >= 4 is 35.0 Å². The van der Waals surface area contributed by atoms with E-state index >= 15 is 0 Å². The molecular weight excluding hydrogens is 590 g/mol. The number of likely N-dealkylation sites (tertiary alicyclic amines) is 1. The Morgan fingerprint density at radius 1 is 1.11 bits per heavy atom. The van der Waals surface area contributed by atoms with Crippen LogP contribution in [0, 0.1) is 24.7 Å². The van der Waals surface area contributed by atoms with Crippen LogP contribution < -0.4 is 4.90 Å². The van der Waals surface area contributed by atoms with Crippen molar-refractivity contribution in [2.45, 2.75) is 70.4 Å². The summed E-state index contributed by atoms with van der Waals surface area (Å²) in [6.45, 7) is 14.2. The number of carbonyl (C=O) groups is 3. The van der Waals surface area contributed by atoms with Crippen molar-refractivity contribution in [2.24, 2.45) is 17.8 Å². The van der Waals surface area contributed by atoms with Crippen LogP contribution >= 0.6 is 11.6 Å². The summed E-state index contributed by atoms with van der Waals surface area (Å²) >= 11 is 6.68. The predicted molar refractivity (Wildman–Crippen MR) is 176 cm³/mol. The van der Waals surface area contributed by atoms with Gasteiger partial charge in [0.2, 0.25) is 11.8 Å². The van der Waals surface area contributed by atoms with Gasteiger partial charge in [0.25, 0.3) is 5.91 Å². The molecule has 0 aromatic heterocycles. The summed E-state index contributed by atoms with van der Waals surface area (Å²) in [6, 6.07) is 13.5. The van der Waals surface area contributed by atoms with E-state index in [1.54, 1.807) is 32.9 Å². The summed E-state index contributed by atoms with van der Waals surface area (Å²) in [5.74, 6) is -2.34. The van der Waals surface area contributed by atoms with Crippen LogP contribution in [0.25, 0.3) is 0 Å². The maximum absolute atomic E-state index is 14.9. The van der Waals surface area contributed by atoms with Gasteiger partial charge >= 0.3 is 0 Å². The zero-order chi connectivity index (χ0) is 32.5. The summed E-state index contributed by atoms with van der Waals surface area (Å²) in [7, 11) is 0. The van der Waals surface area contributed by atoms with E-state index < -0.39 is 35.6 Å². The number of amides is 3. The highest BCUT2D eigenvalue weighted by atomic mass is 35.5. The second kappa shape index (κ2) is 13.5. The molecule has 3 aliphatic rings. The molecule has 3 amide bonds. The average Bonchev–Trinajstić information content (AvgIpc) is 3.66. The number of fused-ring (bicyclic) bond motifs is 1. The molecule has 9 heteroatoms. The van der Waals surface area contributed by atoms with Crippen LogP contribution in [0.15, 0.2) is 73.8 Å². The monoisotopic (exact) mass is 633 g/mol. The second-order valence-electron chi connectivity index (χ2n) is 12.9. The van der Waals surface area contributed by atoms with Crippen LogP contribution in [0.5, 0.6) is 0 Å². The van der Waals surface area contributed by atoms with E-state index in [0.717, 1.165) is 11.1 Å². The summed E-state index contributed by atoms with van der Waals surface area (Å²) in [4.78, 5) is 48.9. The number of nitrogens with zero attached hydrogens (tertiary/aromatic N) is 3. The summed E-state index contributed by atoms with van der Waals surface area (Å²) < 4.78 is 6.73. The zero-order valence-electron chi connectivity index (χ0n) is 26.4. The summed E-state index contributed by atoms with van der Waals surface area (Å²) in [6.07, 6.45) is 4.30. The fraction of sp³-hybridized carbons (Fsp3) is 0.472. The lowest BCUT2D eigenvalue weighted by molar-refractivity contribution is -0.147. The molecule has 240 valence electrons. The lowest BCUT2D eigenvalue weighted by Crippen LogP contribution is -2.59. The van der Waals surface area contributed by atoms with Gasteiger partial charge in [0, 0.05) is 19.6 Å². The maximum atomic E-state index is 14.9. The standard InChI is InChI=1S/C36H44ClN3O5/c1-6-18-38(21-25-13-9-8-10-14-25)33(42)29-28-16-17-36(45-28)30(29)34(43)40(26(22-41)20-23(3)4)32(36)35(44)39(19-7-2)31-24(5)12-11-15-27(31)37/h6-15,23,26,28-30,32,41H,1-2,16-22H2,3-5H3/t26-,28-,29+,30+,32?,36?/m1/s1. The number of ether oxygens (including phenoxy) is 1. The minimum absolute atomic E-state index is 0.141. The first-order valence-electron chi connectivity index (χ1n) is 15.8. The number of aryl methyl sites for hydroxylation is 1. The number of aliphatic hydroxyl groups excluding tert-OH is 1. The number of rotatable bonds is 13. The smallest absolute Gasteiger partial charge is 0.253 e. The van der Waals surface area contributed by atoms with Gasteiger partial charge < -0.3 is 24.5 Å². The molecule has 1 spiro atoms. The third-order valence-electron chi connectivity index (χ3n) is 9.52. The Bertz CT molecular complexity index is 1430. The van der Waals surface area contributed by atoms with E-state index in [1.165, 1.54) is 0 Å². The maximum Gasteiger partial charge on any atom is 0.253 e. The van der Waals surface area contributed by atoms with E-state index in [4.69, 9.17) is 16.3 Å². The van der Waals surface area contributed by atoms with E-state index in [-0.39, 0.29) is 36.8 Å². The SMILES string of the molecule is C=CCN(Cc1ccccc1)C(=O)[C@@H]1[C@H]2C(=O)N([C@@H](CO)CC(C)C)C(C(=O)N(CC=C)c3c(C)cccc3Cl)C23CC[C@H]1O3. The van der Waals surface area contributed by atoms with E-state index in [0.29, 0.717) is 43.1 Å². The molecule has 45 heavy (non-hydrogen) atoms. The molecule has 5 rings (SSSR count). The molecule has 3 aliphatic heterocycles. The Hall–Kier alpha value is -3.46. The van der Waals surface area contributed by atoms with Gasteiger partial charge in [-0.15, -0.1) is 13.2 Å². The van der Waals surface area contributed by atoms with Gasteiger partial charge in [-0.3, -0.25) is 14.4 Å². The number of benzene rings is 2. The van der Waals surface area contributed by atoms with Crippen molar-refractivity contribution in [3.05, 3.63) is 90.0 Å². The minimum atomic E-state index is -1.22. The van der Waals surface area contributed by atoms with Crippen molar-refractivity contribution in [3.63, 3.8) is 0 Å². The number of anilines is 1. The second-order valence-corrected chi connectivity index (χ2v) is 13.3. The quantitative estimate of drug-likeness (QED) is 0.308. The van der Waals surface area contributed by atoms with Gasteiger partial charge in [-0.1, -0.05) is 80.1 Å². The Kier molecular flexibility index (Phi) is 9.87. The fourth-order valence-corrected chi connectivity index (χ4v) is 8.13. The molecule has 3 heterocycles. The third kappa shape index (κ3) is 5.84. The highest BCUT2D eigenvalue weighted by Gasteiger charge is 2.75. The van der Waals surface area contributed by atoms with Crippen LogP contribution in [0.1, 0.15) is 44.2 Å². The van der Waals surface area contributed by atoms with Gasteiger partial charge in [0.15, 0.2) is 0 Å². The number of para-hydroxylation sites is 1. The summed E-state index contributed by atoms with van der Waals surface area (Å²) in [5, 5.41) is 11.0. The van der Waals surface area contributed by atoms with Gasteiger partial charge in [-0.05, 0) is 49.3 Å². The van der Waals surface area contributed by atoms with Gasteiger partial charge in [0.05, 0.1) is 41.3 Å². The molecule has 2 unspecified atom stereocenters. The molecule has 1 N–H and O–H groups in total. The van der Waals surface area contributed by atoms with Crippen molar-refractivity contribution < 1.29 is 24.2 Å². The largest absolute Gasteiger partial charge is 0.394 e. The van der Waals surface area contributed by atoms with E-state index in [2.05, 4.69) is 13.2 Å². The first-order valence-corrected chi connectivity index (χ1v) is 16.2. The Morgan fingerprint density at radius 3 is 2.44 bits per heavy atom. The molecule has 0 radical (unpaired) electrons. The van der Waals surface area contributed by atoms with Gasteiger partial charge in [0.1, 0.15) is 11.6 Å². The topological polar surface area (TPSA) is 90.4 Å². The normalized spacial score (nSPS) is 25.7. The van der Waals surface area contributed by atoms with E-state index in [1.807, 2.05) is 63.2 Å². The Balaban J connectivity index is 1.60. The molecule has 0 aliphatic carbocycles. The average molecular weight is 634 g/mol. The number of hydrogen-bond donors (Lipinski definition) is 1. The minimum Gasteiger partial charge on any atom is -0.394 e. The van der Waals surface area contributed by atoms with E-state index in [9.17, 15) is 19.5 Å². The molecule has 6 atom stereocenters. The Labute approximate surface area is 271 Å². The fourth-order valence-electron chi connectivity index (χ4n) is 7.80. The lowest BCUT2D eigenvalue weighted by atomic mass is 9.70. The molecule has 2 aromatic rings. The number of aliphatic hydroxyl groups is 1. The highest BCUT2D eigenvalue weighted by Crippen LogP contribution is 2.59. The number of halogens is 1. The Morgan fingerprint density at radius 2 is 1.82 bits per heavy atom. The molecule has 2 bridgehead atoms. The molecule has 0 saturated carbocycles. The summed E-state index contributed by atoms with van der Waals surface area (Å²) in [5.41, 5.74) is 1.09. The van der Waals surface area contributed by atoms with Crippen molar-refractivity contribution in [2.75, 3.05) is 24.6 Å². The van der Waals surface area contributed by atoms with Crippen LogP contribution in [0.3, 0.4) is 0 Å². The van der Waals surface area contributed by atoms with Crippen molar-refractivity contribution in [1.29, 1.82) is 0 Å². The highest BCUT2D eigenvalue weighted by molar-refractivity contribution is 6.34. The lowest BCUT2D eigenvalue weighted by Gasteiger charge is -2.40. The first kappa shape index (κ1) is 32.9. The van der Waals surface area contributed by atoms with Crippen LogP contribution in [-0.2, 0) is 25.7 Å². The molecule has 3 fully saturated rings. The van der Waals surface area contributed by atoms with Crippen molar-refractivity contribution in [3.8, 4) is 0 Å². The zero-order valence-corrected chi connectivity index (χ0v) is 27.2. The number of carbonyl (C=O) groups excluding carboxylic acids is 3. The molecule has 2 aromatic carbocycles. The third-order valence-corrected chi connectivity index (χ3v) is 9.82. The number of hydrogen-bond acceptors (Lipinski definition) is 5. The van der Waals surface area contributed by atoms with Crippen molar-refractivity contribution in [1.82, 2.24) is 9.80 Å². The van der Waals surface area contributed by atoms with Crippen LogP contribution in [0.2, 0.25) is 5.02 Å². The van der Waals surface area contributed by atoms with Crippen LogP contribution in [-0.4, -0.2) is 76.1 Å².